The van der Waals surface area contributed by atoms with E-state index in [0.717, 1.165) is 0 Å². The molecule has 0 heterocycles. The molecular formula is C10H15Cl2KNO2PS. The second-order valence-corrected chi connectivity index (χ2v) is 7.72. The van der Waals surface area contributed by atoms with Crippen molar-refractivity contribution in [2.75, 3.05) is 7.11 Å². The van der Waals surface area contributed by atoms with Crippen molar-refractivity contribution in [1.29, 1.82) is 0 Å². The van der Waals surface area contributed by atoms with Gasteiger partial charge in [-0.1, -0.05) is 23.2 Å². The summed E-state index contributed by atoms with van der Waals surface area (Å²) in [4.78, 5) is 0. The normalized spacial score (nSPS) is 13.9. The van der Waals surface area contributed by atoms with Gasteiger partial charge in [0.25, 0.3) is 0 Å². The Morgan fingerprint density at radius 2 is 1.94 bits per heavy atom. The fourth-order valence-corrected chi connectivity index (χ4v) is 3.77. The van der Waals surface area contributed by atoms with Crippen molar-refractivity contribution >= 4 is 93.0 Å². The molecule has 8 heteroatoms. The molecule has 0 aromatic heterocycles. The van der Waals surface area contributed by atoms with E-state index in [-0.39, 0.29) is 57.4 Å². The van der Waals surface area contributed by atoms with Crippen LogP contribution in [0.5, 0.6) is 5.75 Å². The Hall–Kier alpha value is 1.81. The van der Waals surface area contributed by atoms with E-state index in [0.29, 0.717) is 15.8 Å². The van der Waals surface area contributed by atoms with Crippen molar-refractivity contribution in [3.63, 3.8) is 0 Å². The average Bonchev–Trinajstić information content (AvgIpc) is 2.21. The van der Waals surface area contributed by atoms with Crippen molar-refractivity contribution in [3.05, 3.63) is 28.2 Å². The molecule has 1 rings (SSSR count). The van der Waals surface area contributed by atoms with E-state index in [9.17, 15) is 0 Å². The van der Waals surface area contributed by atoms with Gasteiger partial charge < -0.3 is 9.05 Å². The van der Waals surface area contributed by atoms with Crippen molar-refractivity contribution < 1.29 is 9.05 Å². The minimum absolute atomic E-state index is 0. The first-order valence-electron chi connectivity index (χ1n) is 4.94. The van der Waals surface area contributed by atoms with Crippen LogP contribution in [-0.4, -0.2) is 64.5 Å². The molecule has 1 aromatic carbocycles. The van der Waals surface area contributed by atoms with Crippen LogP contribution in [0.15, 0.2) is 18.2 Å². The van der Waals surface area contributed by atoms with Gasteiger partial charge in [-0.2, -0.15) is 0 Å². The summed E-state index contributed by atoms with van der Waals surface area (Å²) in [5.74, 6) is 0.467. The summed E-state index contributed by atoms with van der Waals surface area (Å²) >= 11 is 17.1. The molecule has 3 nitrogen and oxygen atoms in total. The average molecular weight is 354 g/mol. The summed E-state index contributed by atoms with van der Waals surface area (Å²) in [6.45, 7) is 1.37. The summed E-state index contributed by atoms with van der Waals surface area (Å²) < 4.78 is 10.9. The number of halogens is 2. The monoisotopic (exact) mass is 353 g/mol. The second-order valence-electron chi connectivity index (χ2n) is 3.63. The van der Waals surface area contributed by atoms with Crippen LogP contribution in [0.25, 0.3) is 0 Å². The molecule has 0 aliphatic carbocycles. The van der Waals surface area contributed by atoms with Crippen LogP contribution in [-0.2, 0) is 16.3 Å². The molecule has 0 fully saturated rings. The van der Waals surface area contributed by atoms with E-state index in [1.165, 1.54) is 7.11 Å². The number of rotatable bonds is 5. The van der Waals surface area contributed by atoms with Crippen LogP contribution >= 0.6 is 29.8 Å². The van der Waals surface area contributed by atoms with Gasteiger partial charge in [0.05, 0.1) is 5.02 Å². The van der Waals surface area contributed by atoms with E-state index in [4.69, 9.17) is 44.1 Å². The van der Waals surface area contributed by atoms with E-state index in [1.807, 2.05) is 13.8 Å². The van der Waals surface area contributed by atoms with Gasteiger partial charge in [0.15, 0.2) is 0 Å². The van der Waals surface area contributed by atoms with Crippen LogP contribution in [0.4, 0.5) is 0 Å². The third-order valence-electron chi connectivity index (χ3n) is 1.77. The van der Waals surface area contributed by atoms with Crippen molar-refractivity contribution in [2.24, 2.45) is 0 Å². The SMILES string of the molecule is COP(=S)(NC(C)C)Oc1ccc(Cl)cc1Cl.[KH]. The van der Waals surface area contributed by atoms with Crippen LogP contribution in [0.2, 0.25) is 10.0 Å². The zero-order valence-corrected chi connectivity index (χ0v) is 13.0. The first-order chi connectivity index (χ1) is 7.86. The Bertz CT molecular complexity index is 448. The number of hydrogen-bond donors (Lipinski definition) is 1. The van der Waals surface area contributed by atoms with Crippen molar-refractivity contribution in [2.45, 2.75) is 19.9 Å². The molecular weight excluding hydrogens is 339 g/mol. The van der Waals surface area contributed by atoms with Crippen LogP contribution in [0.3, 0.4) is 0 Å². The molecule has 0 aliphatic rings. The Morgan fingerprint density at radius 3 is 2.39 bits per heavy atom. The first kappa shape index (κ1) is 19.8. The fourth-order valence-electron chi connectivity index (χ4n) is 1.11. The Balaban J connectivity index is 0.00000289. The molecule has 0 bridgehead atoms. The summed E-state index contributed by atoms with van der Waals surface area (Å²) in [5.41, 5.74) is 0. The Morgan fingerprint density at radius 1 is 1.33 bits per heavy atom. The van der Waals surface area contributed by atoms with Gasteiger partial charge in [-0.05, 0) is 43.9 Å². The predicted octanol–water partition coefficient (Wildman–Crippen LogP) is 3.59. The zero-order valence-electron chi connectivity index (χ0n) is 9.74. The van der Waals surface area contributed by atoms with E-state index < -0.39 is 6.64 Å². The van der Waals surface area contributed by atoms with Crippen LogP contribution < -0.4 is 9.61 Å². The summed E-state index contributed by atoms with van der Waals surface area (Å²) in [6, 6.07) is 5.12. The Kier molecular flexibility index (Phi) is 9.85. The van der Waals surface area contributed by atoms with Crippen LogP contribution in [0, 0.1) is 0 Å². The molecule has 0 amide bonds. The third kappa shape index (κ3) is 6.50. The maximum absolute atomic E-state index is 6.01. The van der Waals surface area contributed by atoms with Crippen LogP contribution in [0.1, 0.15) is 13.8 Å². The van der Waals surface area contributed by atoms with Gasteiger partial charge in [-0.25, -0.2) is 5.09 Å². The van der Waals surface area contributed by atoms with Gasteiger partial charge in [0, 0.05) is 18.2 Å². The van der Waals surface area contributed by atoms with Crippen molar-refractivity contribution in [1.82, 2.24) is 5.09 Å². The topological polar surface area (TPSA) is 30.5 Å². The van der Waals surface area contributed by atoms with Gasteiger partial charge >= 0.3 is 58.0 Å². The molecule has 0 saturated heterocycles. The summed E-state index contributed by atoms with van der Waals surface area (Å²) in [5, 5.41) is 4.04. The standard InChI is InChI=1S/C10H14Cl2NO2PS.K.H/c1-7(2)13-16(17,14-3)15-10-5-4-8(11)6-9(10)12;;/h4-7H,1-3H3,(H,13,17);;. The van der Waals surface area contributed by atoms with E-state index in [2.05, 4.69) is 5.09 Å². The summed E-state index contributed by atoms with van der Waals surface area (Å²) in [6.07, 6.45) is 0. The first-order valence-corrected chi connectivity index (χ1v) is 8.34. The molecule has 1 unspecified atom stereocenters. The number of hydrogen-bond acceptors (Lipinski definition) is 3. The second kappa shape index (κ2) is 8.95. The molecule has 1 N–H and O–H groups in total. The molecule has 98 valence electrons. The number of benzene rings is 1. The quantitative estimate of drug-likeness (QED) is 0.647. The molecule has 0 aliphatic heterocycles. The fraction of sp³-hybridized carbons (Fsp3) is 0.400. The van der Waals surface area contributed by atoms with Crippen molar-refractivity contribution in [3.8, 4) is 5.75 Å². The molecule has 1 aromatic rings. The maximum atomic E-state index is 6.01. The molecule has 0 radical (unpaired) electrons. The van der Waals surface area contributed by atoms with Gasteiger partial charge in [-0.15, -0.1) is 0 Å². The molecule has 0 saturated carbocycles. The molecule has 1 atom stereocenters. The van der Waals surface area contributed by atoms with E-state index >= 15 is 0 Å². The summed E-state index contributed by atoms with van der Waals surface area (Å²) in [7, 11) is 1.51. The molecule has 18 heavy (non-hydrogen) atoms. The van der Waals surface area contributed by atoms with E-state index in [1.54, 1.807) is 18.2 Å². The predicted molar refractivity (Wildman–Crippen MR) is 83.8 cm³/mol. The van der Waals surface area contributed by atoms with Gasteiger partial charge in [0.1, 0.15) is 5.75 Å². The van der Waals surface area contributed by atoms with Gasteiger partial charge in [-0.3, -0.25) is 0 Å². The number of nitrogens with one attached hydrogen (secondary N) is 1. The molecule has 0 spiro atoms. The third-order valence-corrected chi connectivity index (χ3v) is 5.04. The minimum atomic E-state index is -2.56. The van der Waals surface area contributed by atoms with Gasteiger partial charge in [0.2, 0.25) is 0 Å². The Labute approximate surface area is 166 Å². The zero-order chi connectivity index (χ0) is 13.1.